The molecule has 0 atom stereocenters. The van der Waals surface area contributed by atoms with Crippen LogP contribution in [0, 0.1) is 0 Å². The maximum atomic E-state index is 11.1. The summed E-state index contributed by atoms with van der Waals surface area (Å²) in [5, 5.41) is 8.15. The van der Waals surface area contributed by atoms with E-state index in [9.17, 15) is 8.42 Å². The van der Waals surface area contributed by atoms with Crippen LogP contribution in [0.2, 0.25) is 0 Å². The molecular weight excluding hydrogens is 266 g/mol. The van der Waals surface area contributed by atoms with E-state index in [1.807, 2.05) is 0 Å². The number of nitrogens with one attached hydrogen (secondary N) is 1. The van der Waals surface area contributed by atoms with Gasteiger partial charge in [0, 0.05) is 19.8 Å². The van der Waals surface area contributed by atoms with Gasteiger partial charge in [-0.2, -0.15) is 0 Å². The largest absolute Gasteiger partial charge is 0.397 e. The number of nitrogen functional groups attached to an aromatic ring is 1. The van der Waals surface area contributed by atoms with Gasteiger partial charge in [0.05, 0.1) is 16.3 Å². The van der Waals surface area contributed by atoms with Crippen LogP contribution in [0.25, 0.3) is 0 Å². The number of ether oxygens (including phenoxy) is 1. The summed E-state index contributed by atoms with van der Waals surface area (Å²) in [5.74, 6) is 0. The Balaban J connectivity index is 2.47. The molecule has 6 nitrogen and oxygen atoms in total. The van der Waals surface area contributed by atoms with Crippen LogP contribution in [0.3, 0.4) is 0 Å². The topological polar surface area (TPSA) is 107 Å². The molecule has 0 radical (unpaired) electrons. The first-order chi connectivity index (χ1) is 8.95. The second-order valence-corrected chi connectivity index (χ2v) is 5.75. The minimum absolute atomic E-state index is 0.0156. The van der Waals surface area contributed by atoms with Crippen molar-refractivity contribution in [2.24, 2.45) is 5.14 Å². The van der Waals surface area contributed by atoms with Gasteiger partial charge in [0.2, 0.25) is 10.0 Å². The molecule has 7 heteroatoms. The van der Waals surface area contributed by atoms with Crippen LogP contribution in [0.15, 0.2) is 23.1 Å². The molecule has 0 amide bonds. The Labute approximate surface area is 114 Å². The van der Waals surface area contributed by atoms with E-state index in [4.69, 9.17) is 15.6 Å². The molecule has 0 spiro atoms. The fourth-order valence-corrected chi connectivity index (χ4v) is 2.07. The fraction of sp³-hybridized carbons (Fsp3) is 0.500. The quantitative estimate of drug-likeness (QED) is 0.491. The van der Waals surface area contributed by atoms with E-state index in [0.29, 0.717) is 24.5 Å². The molecule has 1 aromatic rings. The summed E-state index contributed by atoms with van der Waals surface area (Å²) in [5.41, 5.74) is 6.83. The van der Waals surface area contributed by atoms with Crippen LogP contribution in [0.5, 0.6) is 0 Å². The number of hydrogen-bond donors (Lipinski definition) is 3. The second-order valence-electron chi connectivity index (χ2n) is 4.19. The predicted molar refractivity (Wildman–Crippen MR) is 76.4 cm³/mol. The van der Waals surface area contributed by atoms with E-state index < -0.39 is 10.0 Å². The lowest BCUT2D eigenvalue weighted by atomic mass is 10.2. The number of hydrogen-bond acceptors (Lipinski definition) is 5. The van der Waals surface area contributed by atoms with Gasteiger partial charge < -0.3 is 15.8 Å². The highest BCUT2D eigenvalue weighted by Crippen LogP contribution is 2.21. The summed E-state index contributed by atoms with van der Waals surface area (Å²) in [6.45, 7) is 4.23. The van der Waals surface area contributed by atoms with E-state index in [2.05, 4.69) is 12.2 Å². The van der Waals surface area contributed by atoms with E-state index in [-0.39, 0.29) is 4.90 Å². The van der Waals surface area contributed by atoms with Crippen molar-refractivity contribution in [2.45, 2.75) is 24.7 Å². The Morgan fingerprint density at radius 2 is 2.05 bits per heavy atom. The highest BCUT2D eigenvalue weighted by atomic mass is 32.2. The minimum atomic E-state index is -3.71. The Kier molecular flexibility index (Phi) is 6.07. The van der Waals surface area contributed by atoms with Crippen molar-refractivity contribution < 1.29 is 13.2 Å². The van der Waals surface area contributed by atoms with Crippen molar-refractivity contribution in [1.82, 2.24) is 0 Å². The van der Waals surface area contributed by atoms with Crippen molar-refractivity contribution in [3.8, 4) is 0 Å². The van der Waals surface area contributed by atoms with Gasteiger partial charge >= 0.3 is 0 Å². The molecule has 0 saturated heterocycles. The van der Waals surface area contributed by atoms with Crippen molar-refractivity contribution in [1.29, 1.82) is 0 Å². The summed E-state index contributed by atoms with van der Waals surface area (Å²) in [7, 11) is -3.71. The average Bonchev–Trinajstić information content (AvgIpc) is 2.34. The average molecular weight is 287 g/mol. The molecule has 0 saturated carbocycles. The SMILES string of the molecule is CCCOCCCNc1ccc(S(N)(=O)=O)cc1N. The number of anilines is 2. The van der Waals surface area contributed by atoms with Crippen LogP contribution in [0.1, 0.15) is 19.8 Å². The standard InChI is InChI=1S/C12H21N3O3S/c1-2-7-18-8-3-6-15-12-5-4-10(9-11(12)13)19(14,16)17/h4-5,9,15H,2-3,6-8,13H2,1H3,(H2,14,16,17). The van der Waals surface area contributed by atoms with Gasteiger partial charge in [-0.15, -0.1) is 0 Å². The van der Waals surface area contributed by atoms with E-state index >= 15 is 0 Å². The molecule has 0 aliphatic heterocycles. The lowest BCUT2D eigenvalue weighted by Crippen LogP contribution is -2.13. The zero-order valence-corrected chi connectivity index (χ0v) is 11.9. The van der Waals surface area contributed by atoms with Crippen LogP contribution in [-0.4, -0.2) is 28.2 Å². The summed E-state index contributed by atoms with van der Waals surface area (Å²) in [6, 6.07) is 4.40. The van der Waals surface area contributed by atoms with Gasteiger partial charge in [-0.25, -0.2) is 13.6 Å². The molecule has 5 N–H and O–H groups in total. The van der Waals surface area contributed by atoms with Gasteiger partial charge in [0.1, 0.15) is 0 Å². The highest BCUT2D eigenvalue weighted by Gasteiger charge is 2.09. The molecule has 0 aliphatic rings. The van der Waals surface area contributed by atoms with Gasteiger partial charge in [0.25, 0.3) is 0 Å². The van der Waals surface area contributed by atoms with Crippen LogP contribution in [0.4, 0.5) is 11.4 Å². The highest BCUT2D eigenvalue weighted by molar-refractivity contribution is 7.89. The maximum absolute atomic E-state index is 11.1. The molecule has 0 heterocycles. The number of nitrogens with two attached hydrogens (primary N) is 2. The van der Waals surface area contributed by atoms with Crippen molar-refractivity contribution in [2.75, 3.05) is 30.8 Å². The predicted octanol–water partition coefficient (Wildman–Crippen LogP) is 1.14. The van der Waals surface area contributed by atoms with E-state index in [1.165, 1.54) is 12.1 Å². The Hall–Kier alpha value is -1.31. The molecule has 0 aromatic heterocycles. The number of benzene rings is 1. The lowest BCUT2D eigenvalue weighted by Gasteiger charge is -2.10. The van der Waals surface area contributed by atoms with Crippen molar-refractivity contribution in [3.05, 3.63) is 18.2 Å². The fourth-order valence-electron chi connectivity index (χ4n) is 1.52. The first-order valence-corrected chi connectivity index (χ1v) is 7.73. The zero-order chi connectivity index (χ0) is 14.3. The summed E-state index contributed by atoms with van der Waals surface area (Å²) >= 11 is 0. The number of rotatable bonds is 8. The van der Waals surface area contributed by atoms with E-state index in [0.717, 1.165) is 19.4 Å². The molecular formula is C12H21N3O3S. The molecule has 108 valence electrons. The number of sulfonamides is 1. The minimum Gasteiger partial charge on any atom is -0.397 e. The van der Waals surface area contributed by atoms with Crippen LogP contribution >= 0.6 is 0 Å². The van der Waals surface area contributed by atoms with Gasteiger partial charge in [-0.05, 0) is 31.0 Å². The third-order valence-corrected chi connectivity index (χ3v) is 3.39. The molecule has 1 aromatic carbocycles. The molecule has 0 bridgehead atoms. The molecule has 19 heavy (non-hydrogen) atoms. The number of primary sulfonamides is 1. The Morgan fingerprint density at radius 3 is 2.63 bits per heavy atom. The van der Waals surface area contributed by atoms with Gasteiger partial charge in [-0.3, -0.25) is 0 Å². The molecule has 0 unspecified atom stereocenters. The van der Waals surface area contributed by atoms with E-state index in [1.54, 1.807) is 6.07 Å². The normalized spacial score (nSPS) is 11.5. The Bertz CT molecular complexity index is 503. The summed E-state index contributed by atoms with van der Waals surface area (Å²) in [6.07, 6.45) is 1.87. The third kappa shape index (κ3) is 5.46. The zero-order valence-electron chi connectivity index (χ0n) is 11.1. The van der Waals surface area contributed by atoms with Gasteiger partial charge in [-0.1, -0.05) is 6.92 Å². The second kappa shape index (κ2) is 7.32. The monoisotopic (exact) mass is 287 g/mol. The molecule has 0 aliphatic carbocycles. The summed E-state index contributed by atoms with van der Waals surface area (Å²) in [4.78, 5) is 0.0156. The smallest absolute Gasteiger partial charge is 0.238 e. The third-order valence-electron chi connectivity index (χ3n) is 2.48. The summed E-state index contributed by atoms with van der Waals surface area (Å²) < 4.78 is 27.6. The van der Waals surface area contributed by atoms with Crippen molar-refractivity contribution >= 4 is 21.4 Å². The molecule has 1 rings (SSSR count). The maximum Gasteiger partial charge on any atom is 0.238 e. The Morgan fingerprint density at radius 1 is 1.32 bits per heavy atom. The van der Waals surface area contributed by atoms with Crippen LogP contribution < -0.4 is 16.2 Å². The van der Waals surface area contributed by atoms with Crippen LogP contribution in [-0.2, 0) is 14.8 Å². The lowest BCUT2D eigenvalue weighted by molar-refractivity contribution is 0.134. The molecule has 0 fully saturated rings. The van der Waals surface area contributed by atoms with Crippen molar-refractivity contribution in [3.63, 3.8) is 0 Å². The first kappa shape index (κ1) is 15.7. The van der Waals surface area contributed by atoms with Gasteiger partial charge in [0.15, 0.2) is 0 Å². The first-order valence-electron chi connectivity index (χ1n) is 6.19.